The van der Waals surface area contributed by atoms with Gasteiger partial charge in [-0.1, -0.05) is 29.8 Å². The molecule has 1 aromatic carbocycles. The number of alkyl carbamates (subject to hydrolysis) is 1. The van der Waals surface area contributed by atoms with E-state index in [9.17, 15) is 4.79 Å². The van der Waals surface area contributed by atoms with Crippen molar-refractivity contribution in [2.45, 2.75) is 71.2 Å². The normalized spacial score (nSPS) is 20.2. The fourth-order valence-corrected chi connectivity index (χ4v) is 2.73. The summed E-state index contributed by atoms with van der Waals surface area (Å²) < 4.78 is 17.6. The number of amides is 1. The quantitative estimate of drug-likeness (QED) is 0.797. The van der Waals surface area contributed by atoms with Gasteiger partial charge in [0.2, 0.25) is 0 Å². The molecule has 1 fully saturated rings. The monoisotopic (exact) mass is 367 g/mol. The van der Waals surface area contributed by atoms with Crippen LogP contribution < -0.4 is 5.32 Å². The van der Waals surface area contributed by atoms with Gasteiger partial charge in [0, 0.05) is 5.02 Å². The maximum Gasteiger partial charge on any atom is 0.486 e. The molecule has 1 N–H and O–H groups in total. The number of benzene rings is 1. The van der Waals surface area contributed by atoms with Crippen LogP contribution in [0.1, 0.15) is 60.0 Å². The van der Waals surface area contributed by atoms with Gasteiger partial charge >= 0.3 is 13.2 Å². The molecule has 0 saturated carbocycles. The van der Waals surface area contributed by atoms with Crippen LogP contribution in [0.25, 0.3) is 0 Å². The molecule has 1 amide bonds. The Morgan fingerprint density at radius 3 is 2.16 bits per heavy atom. The minimum absolute atomic E-state index is 0.521. The van der Waals surface area contributed by atoms with E-state index in [0.29, 0.717) is 10.6 Å². The zero-order valence-electron chi connectivity index (χ0n) is 16.0. The summed E-state index contributed by atoms with van der Waals surface area (Å²) in [5, 5.41) is 3.38. The van der Waals surface area contributed by atoms with Crippen molar-refractivity contribution in [2.75, 3.05) is 0 Å². The highest BCUT2D eigenvalue weighted by molar-refractivity contribution is 6.48. The zero-order chi connectivity index (χ0) is 19.0. The fraction of sp³-hybridized carbons (Fsp3) is 0.611. The first-order valence-electron chi connectivity index (χ1n) is 8.42. The van der Waals surface area contributed by atoms with Crippen LogP contribution in [0.2, 0.25) is 5.02 Å². The first-order chi connectivity index (χ1) is 11.3. The Hall–Kier alpha value is -1.24. The third kappa shape index (κ3) is 4.69. The Balaban J connectivity index is 2.31. The van der Waals surface area contributed by atoms with Crippen LogP contribution in [0.15, 0.2) is 24.3 Å². The highest BCUT2D eigenvalue weighted by Gasteiger charge is 2.55. The number of carbonyl (C=O) groups excluding carboxylic acids is 1. The van der Waals surface area contributed by atoms with Crippen LogP contribution in [0.5, 0.6) is 0 Å². The Kier molecular flexibility index (Phi) is 5.48. The average molecular weight is 368 g/mol. The lowest BCUT2D eigenvalue weighted by Gasteiger charge is -2.32. The van der Waals surface area contributed by atoms with Crippen LogP contribution in [-0.2, 0) is 14.0 Å². The predicted molar refractivity (Wildman–Crippen MR) is 99.6 cm³/mol. The Bertz CT molecular complexity index is 626. The maximum atomic E-state index is 12.3. The molecule has 1 heterocycles. The fourth-order valence-electron chi connectivity index (χ4n) is 2.48. The first kappa shape index (κ1) is 20.1. The van der Waals surface area contributed by atoms with Crippen molar-refractivity contribution < 1.29 is 18.8 Å². The predicted octanol–water partition coefficient (Wildman–Crippen LogP) is 4.54. The highest BCUT2D eigenvalue weighted by Crippen LogP contribution is 2.41. The van der Waals surface area contributed by atoms with E-state index in [2.05, 4.69) is 5.32 Å². The summed E-state index contributed by atoms with van der Waals surface area (Å²) in [6, 6.07) is 7.30. The molecule has 5 nitrogen and oxygen atoms in total. The summed E-state index contributed by atoms with van der Waals surface area (Å²) >= 11 is 6.35. The van der Waals surface area contributed by atoms with E-state index < -0.39 is 36.0 Å². The molecule has 1 aliphatic rings. The van der Waals surface area contributed by atoms with Crippen LogP contribution >= 0.6 is 11.6 Å². The van der Waals surface area contributed by atoms with Crippen molar-refractivity contribution in [1.29, 1.82) is 0 Å². The number of carbonyl (C=O) groups is 1. The number of rotatable bonds is 3. The van der Waals surface area contributed by atoms with Gasteiger partial charge in [-0.25, -0.2) is 4.79 Å². The molecule has 0 radical (unpaired) electrons. The Morgan fingerprint density at radius 1 is 1.16 bits per heavy atom. The molecule has 138 valence electrons. The highest BCUT2D eigenvalue weighted by atomic mass is 35.5. The third-order valence-electron chi connectivity index (χ3n) is 4.46. The van der Waals surface area contributed by atoms with Gasteiger partial charge in [0.15, 0.2) is 0 Å². The minimum atomic E-state index is -0.683. The SMILES string of the molecule is CC(C)(C)OC(=O)N[C@@H](B1OC(C)(C)C(C)(C)O1)c1ccccc1Cl. The number of ether oxygens (including phenoxy) is 1. The topological polar surface area (TPSA) is 56.8 Å². The average Bonchev–Trinajstić information content (AvgIpc) is 2.63. The summed E-state index contributed by atoms with van der Waals surface area (Å²) in [6.45, 7) is 13.3. The van der Waals surface area contributed by atoms with E-state index in [1.807, 2.05) is 66.7 Å². The smallest absolute Gasteiger partial charge is 0.444 e. The van der Waals surface area contributed by atoms with Crippen molar-refractivity contribution in [3.63, 3.8) is 0 Å². The number of halogens is 1. The third-order valence-corrected chi connectivity index (χ3v) is 4.80. The number of hydrogen-bond acceptors (Lipinski definition) is 4. The van der Waals surface area contributed by atoms with E-state index in [0.717, 1.165) is 0 Å². The second kappa shape index (κ2) is 6.82. The molecule has 2 rings (SSSR count). The molecule has 1 atom stereocenters. The van der Waals surface area contributed by atoms with Crippen molar-refractivity contribution >= 4 is 24.8 Å². The first-order valence-corrected chi connectivity index (χ1v) is 8.80. The van der Waals surface area contributed by atoms with Crippen LogP contribution in [0.4, 0.5) is 4.79 Å². The minimum Gasteiger partial charge on any atom is -0.444 e. The molecular formula is C18H27BClNO4. The van der Waals surface area contributed by atoms with Crippen LogP contribution in [0, 0.1) is 0 Å². The van der Waals surface area contributed by atoms with Crippen molar-refractivity contribution in [2.24, 2.45) is 0 Å². The zero-order valence-corrected chi connectivity index (χ0v) is 16.7. The molecular weight excluding hydrogens is 340 g/mol. The van der Waals surface area contributed by atoms with Crippen LogP contribution in [-0.4, -0.2) is 30.0 Å². The molecule has 7 heteroatoms. The van der Waals surface area contributed by atoms with E-state index >= 15 is 0 Å². The molecule has 1 saturated heterocycles. The largest absolute Gasteiger partial charge is 0.486 e. The lowest BCUT2D eigenvalue weighted by Crippen LogP contribution is -2.43. The van der Waals surface area contributed by atoms with Gasteiger partial charge in [-0.3, -0.25) is 0 Å². The van der Waals surface area contributed by atoms with Crippen molar-refractivity contribution in [1.82, 2.24) is 5.32 Å². The molecule has 0 aliphatic carbocycles. The van der Waals surface area contributed by atoms with Gasteiger partial charge in [-0.05, 0) is 60.1 Å². The lowest BCUT2D eigenvalue weighted by molar-refractivity contribution is 0.00578. The Morgan fingerprint density at radius 2 is 1.68 bits per heavy atom. The van der Waals surface area contributed by atoms with Crippen molar-refractivity contribution in [3.05, 3.63) is 34.9 Å². The summed E-state index contributed by atoms with van der Waals surface area (Å²) in [5.74, 6) is -0.593. The lowest BCUT2D eigenvalue weighted by atomic mass is 9.74. The number of hydrogen-bond donors (Lipinski definition) is 1. The molecule has 0 aromatic heterocycles. The van der Waals surface area contributed by atoms with E-state index in [1.54, 1.807) is 6.07 Å². The van der Waals surface area contributed by atoms with Gasteiger partial charge < -0.3 is 19.4 Å². The van der Waals surface area contributed by atoms with Gasteiger partial charge in [-0.2, -0.15) is 0 Å². The van der Waals surface area contributed by atoms with Gasteiger partial charge in [0.25, 0.3) is 0 Å². The Labute approximate surface area is 155 Å². The van der Waals surface area contributed by atoms with E-state index in [-0.39, 0.29) is 0 Å². The summed E-state index contributed by atoms with van der Waals surface area (Å²) in [7, 11) is -0.683. The molecule has 0 spiro atoms. The van der Waals surface area contributed by atoms with Gasteiger partial charge in [0.1, 0.15) is 5.60 Å². The number of nitrogens with one attached hydrogen (secondary N) is 1. The van der Waals surface area contributed by atoms with Gasteiger partial charge in [0.05, 0.1) is 17.1 Å². The summed E-state index contributed by atoms with van der Waals surface area (Å²) in [4.78, 5) is 12.3. The second-order valence-electron chi connectivity index (χ2n) is 8.27. The van der Waals surface area contributed by atoms with E-state index in [1.165, 1.54) is 0 Å². The van der Waals surface area contributed by atoms with E-state index in [4.69, 9.17) is 25.6 Å². The molecule has 1 aromatic rings. The molecule has 0 bridgehead atoms. The van der Waals surface area contributed by atoms with Gasteiger partial charge in [-0.15, -0.1) is 0 Å². The molecule has 0 unspecified atom stereocenters. The van der Waals surface area contributed by atoms with Crippen molar-refractivity contribution in [3.8, 4) is 0 Å². The maximum absolute atomic E-state index is 12.3. The summed E-state index contributed by atoms with van der Waals surface area (Å²) in [6.07, 6.45) is -0.549. The summed E-state index contributed by atoms with van der Waals surface area (Å²) in [5.41, 5.74) is -0.932. The standard InChI is InChI=1S/C18H27BClNO4/c1-16(2,3)23-15(22)21-14(12-10-8-9-11-13(12)20)19-24-17(4,5)18(6,7)25-19/h8-11,14H,1-7H3,(H,21,22)/t14-/m1/s1. The second-order valence-corrected chi connectivity index (χ2v) is 8.68. The molecule has 25 heavy (non-hydrogen) atoms. The molecule has 1 aliphatic heterocycles. The van der Waals surface area contributed by atoms with Crippen LogP contribution in [0.3, 0.4) is 0 Å².